The van der Waals surface area contributed by atoms with Crippen LogP contribution in [-0.2, 0) is 13.0 Å². The van der Waals surface area contributed by atoms with E-state index < -0.39 is 0 Å². The number of hydrogen-bond acceptors (Lipinski definition) is 3. The van der Waals surface area contributed by atoms with Crippen molar-refractivity contribution in [2.24, 2.45) is 4.99 Å². The number of nitrogens with one attached hydrogen (secondary N) is 2. The fourth-order valence-electron chi connectivity index (χ4n) is 1.70. The van der Waals surface area contributed by atoms with E-state index in [4.69, 9.17) is 0 Å². The van der Waals surface area contributed by atoms with Crippen molar-refractivity contribution in [2.75, 3.05) is 20.1 Å². The Kier molecular flexibility index (Phi) is 5.43. The Hall–Kier alpha value is -1.82. The van der Waals surface area contributed by atoms with Crippen LogP contribution in [0.1, 0.15) is 4.88 Å². The van der Waals surface area contributed by atoms with Crippen LogP contribution in [0.15, 0.2) is 41.2 Å². The summed E-state index contributed by atoms with van der Waals surface area (Å²) in [4.78, 5) is 9.60. The van der Waals surface area contributed by atoms with Gasteiger partial charge >= 0.3 is 0 Å². The van der Waals surface area contributed by atoms with E-state index in [0.29, 0.717) is 0 Å². The maximum Gasteiger partial charge on any atom is 0.191 e. The third kappa shape index (κ3) is 4.75. The zero-order valence-electron chi connectivity index (χ0n) is 11.0. The topological polar surface area (TPSA) is 54.2 Å². The fourth-order valence-corrected chi connectivity index (χ4v) is 2.41. The molecule has 0 atom stereocenters. The first-order valence-electron chi connectivity index (χ1n) is 6.31. The summed E-state index contributed by atoms with van der Waals surface area (Å²) in [6.45, 7) is 2.60. The number of imidazole rings is 1. The molecule has 0 amide bonds. The van der Waals surface area contributed by atoms with Crippen molar-refractivity contribution >= 4 is 17.3 Å². The summed E-state index contributed by atoms with van der Waals surface area (Å²) in [5.41, 5.74) is 0. The third-order valence-corrected chi connectivity index (χ3v) is 3.63. The Morgan fingerprint density at radius 1 is 1.42 bits per heavy atom. The second kappa shape index (κ2) is 7.58. The van der Waals surface area contributed by atoms with E-state index in [-0.39, 0.29) is 0 Å². The number of aromatic nitrogens is 2. The second-order valence-corrected chi connectivity index (χ2v) is 5.09. The lowest BCUT2D eigenvalue weighted by atomic mass is 10.3. The summed E-state index contributed by atoms with van der Waals surface area (Å²) in [5.74, 6) is 0.844. The van der Waals surface area contributed by atoms with E-state index in [1.54, 1.807) is 24.6 Å². The summed E-state index contributed by atoms with van der Waals surface area (Å²) in [6, 6.07) is 4.24. The van der Waals surface area contributed by atoms with E-state index in [0.717, 1.165) is 32.0 Å². The molecule has 0 aliphatic heterocycles. The number of hydrogen-bond donors (Lipinski definition) is 2. The molecular weight excluding hydrogens is 258 g/mol. The summed E-state index contributed by atoms with van der Waals surface area (Å²) in [6.07, 6.45) is 6.58. The van der Waals surface area contributed by atoms with Crippen LogP contribution in [0.5, 0.6) is 0 Å². The van der Waals surface area contributed by atoms with E-state index in [1.807, 2.05) is 17.1 Å². The molecule has 19 heavy (non-hydrogen) atoms. The smallest absolute Gasteiger partial charge is 0.191 e. The minimum Gasteiger partial charge on any atom is -0.356 e. The summed E-state index contributed by atoms with van der Waals surface area (Å²) in [5, 5.41) is 8.69. The second-order valence-electron chi connectivity index (χ2n) is 4.06. The summed E-state index contributed by atoms with van der Waals surface area (Å²) >= 11 is 1.79. The number of nitrogens with zero attached hydrogens (tertiary/aromatic N) is 3. The van der Waals surface area contributed by atoms with E-state index in [2.05, 4.69) is 38.1 Å². The minimum absolute atomic E-state index is 0.828. The van der Waals surface area contributed by atoms with Crippen LogP contribution in [0.25, 0.3) is 0 Å². The summed E-state index contributed by atoms with van der Waals surface area (Å²) in [7, 11) is 1.79. The van der Waals surface area contributed by atoms with Crippen LogP contribution in [-0.4, -0.2) is 35.6 Å². The average molecular weight is 277 g/mol. The molecule has 2 aromatic heterocycles. The van der Waals surface area contributed by atoms with Crippen molar-refractivity contribution in [3.05, 3.63) is 41.1 Å². The molecule has 0 aromatic carbocycles. The van der Waals surface area contributed by atoms with Crippen molar-refractivity contribution in [1.29, 1.82) is 0 Å². The molecule has 0 fully saturated rings. The minimum atomic E-state index is 0.828. The normalized spacial score (nSPS) is 11.5. The van der Waals surface area contributed by atoms with Gasteiger partial charge in [0.15, 0.2) is 5.96 Å². The molecule has 102 valence electrons. The number of thiophene rings is 1. The Morgan fingerprint density at radius 2 is 2.32 bits per heavy atom. The highest BCUT2D eigenvalue weighted by Gasteiger charge is 1.98. The quantitative estimate of drug-likeness (QED) is 0.619. The SMILES string of the molecule is CN=C(NCCc1cccs1)NCCn1ccnc1. The largest absolute Gasteiger partial charge is 0.356 e. The van der Waals surface area contributed by atoms with Gasteiger partial charge in [-0.2, -0.15) is 0 Å². The third-order valence-electron chi connectivity index (χ3n) is 2.69. The molecular formula is C13H19N5S. The summed E-state index contributed by atoms with van der Waals surface area (Å²) < 4.78 is 2.03. The van der Waals surface area contributed by atoms with Crippen LogP contribution in [0.2, 0.25) is 0 Å². The molecule has 0 unspecified atom stereocenters. The van der Waals surface area contributed by atoms with Gasteiger partial charge in [-0.1, -0.05) is 6.07 Å². The lowest BCUT2D eigenvalue weighted by Gasteiger charge is -2.11. The van der Waals surface area contributed by atoms with Gasteiger partial charge in [0.05, 0.1) is 6.33 Å². The first-order valence-corrected chi connectivity index (χ1v) is 7.19. The highest BCUT2D eigenvalue weighted by atomic mass is 32.1. The molecule has 0 saturated heterocycles. The molecule has 0 saturated carbocycles. The predicted molar refractivity (Wildman–Crippen MR) is 79.6 cm³/mol. The number of aliphatic imine (C=N–C) groups is 1. The van der Waals surface area contributed by atoms with Crippen LogP contribution >= 0.6 is 11.3 Å². The molecule has 2 aromatic rings. The van der Waals surface area contributed by atoms with Crippen molar-refractivity contribution < 1.29 is 0 Å². The Balaban J connectivity index is 1.63. The molecule has 6 heteroatoms. The molecule has 2 heterocycles. The lowest BCUT2D eigenvalue weighted by molar-refractivity contribution is 0.661. The van der Waals surface area contributed by atoms with Crippen molar-refractivity contribution in [2.45, 2.75) is 13.0 Å². The van der Waals surface area contributed by atoms with Crippen molar-refractivity contribution in [3.8, 4) is 0 Å². The zero-order chi connectivity index (χ0) is 13.3. The first-order chi connectivity index (χ1) is 9.38. The highest BCUT2D eigenvalue weighted by Crippen LogP contribution is 2.07. The standard InChI is InChI=1S/C13H19N5S/c1-14-13(16-5-4-12-3-2-10-19-12)17-7-9-18-8-6-15-11-18/h2-3,6,8,10-11H,4-5,7,9H2,1H3,(H2,14,16,17). The van der Waals surface area contributed by atoms with Gasteiger partial charge in [0.25, 0.3) is 0 Å². The monoisotopic (exact) mass is 277 g/mol. The maximum absolute atomic E-state index is 4.20. The Bertz CT molecular complexity index is 433. The number of rotatable bonds is 6. The first kappa shape index (κ1) is 13.6. The fraction of sp³-hybridized carbons (Fsp3) is 0.385. The average Bonchev–Trinajstić information content (AvgIpc) is 3.10. The van der Waals surface area contributed by atoms with Crippen LogP contribution in [0.3, 0.4) is 0 Å². The van der Waals surface area contributed by atoms with Gasteiger partial charge < -0.3 is 15.2 Å². The van der Waals surface area contributed by atoms with Gasteiger partial charge in [0.2, 0.25) is 0 Å². The van der Waals surface area contributed by atoms with Gasteiger partial charge in [-0.15, -0.1) is 11.3 Å². The van der Waals surface area contributed by atoms with Gasteiger partial charge in [-0.3, -0.25) is 4.99 Å². The molecule has 0 aliphatic rings. The highest BCUT2D eigenvalue weighted by molar-refractivity contribution is 7.09. The molecule has 0 aliphatic carbocycles. The van der Waals surface area contributed by atoms with Crippen molar-refractivity contribution in [3.63, 3.8) is 0 Å². The predicted octanol–water partition coefficient (Wildman–Crippen LogP) is 1.35. The Labute approximate surface area is 117 Å². The van der Waals surface area contributed by atoms with Crippen molar-refractivity contribution in [1.82, 2.24) is 20.2 Å². The molecule has 0 spiro atoms. The molecule has 5 nitrogen and oxygen atoms in total. The van der Waals surface area contributed by atoms with Gasteiger partial charge in [-0.25, -0.2) is 4.98 Å². The molecule has 0 bridgehead atoms. The van der Waals surface area contributed by atoms with Crippen LogP contribution in [0.4, 0.5) is 0 Å². The van der Waals surface area contributed by atoms with Gasteiger partial charge in [0, 0.05) is 44.0 Å². The zero-order valence-corrected chi connectivity index (χ0v) is 11.9. The van der Waals surface area contributed by atoms with Gasteiger partial charge in [0.1, 0.15) is 0 Å². The maximum atomic E-state index is 4.20. The number of guanidine groups is 1. The van der Waals surface area contributed by atoms with E-state index in [1.165, 1.54) is 4.88 Å². The van der Waals surface area contributed by atoms with Crippen LogP contribution in [0, 0.1) is 0 Å². The van der Waals surface area contributed by atoms with E-state index >= 15 is 0 Å². The molecule has 2 rings (SSSR count). The van der Waals surface area contributed by atoms with Crippen LogP contribution < -0.4 is 10.6 Å². The van der Waals surface area contributed by atoms with Gasteiger partial charge in [-0.05, 0) is 17.9 Å². The van der Waals surface area contributed by atoms with E-state index in [9.17, 15) is 0 Å². The lowest BCUT2D eigenvalue weighted by Crippen LogP contribution is -2.39. The Morgan fingerprint density at radius 3 is 3.00 bits per heavy atom. The molecule has 0 radical (unpaired) electrons. The molecule has 2 N–H and O–H groups in total.